The van der Waals surface area contributed by atoms with Gasteiger partial charge in [-0.25, -0.2) is 4.79 Å². The number of benzene rings is 2. The first kappa shape index (κ1) is 15.1. The molecule has 1 amide bonds. The molecule has 0 saturated carbocycles. The van der Waals surface area contributed by atoms with Crippen molar-refractivity contribution in [1.82, 2.24) is 0 Å². The number of hydrogen-bond donors (Lipinski definition) is 1. The van der Waals surface area contributed by atoms with Crippen molar-refractivity contribution in [2.45, 2.75) is 0 Å². The molecule has 0 radical (unpaired) electrons. The van der Waals surface area contributed by atoms with E-state index in [4.69, 9.17) is 20.8 Å². The second-order valence-electron chi connectivity index (χ2n) is 4.77. The molecule has 116 valence electrons. The molecule has 3 aromatic rings. The minimum absolute atomic E-state index is 0.226. The van der Waals surface area contributed by atoms with Crippen molar-refractivity contribution in [1.29, 1.82) is 0 Å². The van der Waals surface area contributed by atoms with E-state index in [1.807, 2.05) is 0 Å². The quantitative estimate of drug-likeness (QED) is 0.744. The van der Waals surface area contributed by atoms with Crippen LogP contribution in [0.2, 0.25) is 5.02 Å². The third kappa shape index (κ3) is 3.70. The Morgan fingerprint density at radius 1 is 1.13 bits per heavy atom. The fourth-order valence-electron chi connectivity index (χ4n) is 2.07. The number of fused-ring (bicyclic) bond motifs is 1. The number of nitrogens with one attached hydrogen (secondary N) is 1. The van der Waals surface area contributed by atoms with Gasteiger partial charge in [-0.15, -0.1) is 0 Å². The monoisotopic (exact) mass is 329 g/mol. The lowest BCUT2D eigenvalue weighted by atomic mass is 10.2. The van der Waals surface area contributed by atoms with Crippen LogP contribution in [-0.4, -0.2) is 12.5 Å². The van der Waals surface area contributed by atoms with Crippen LogP contribution in [0.4, 0.5) is 5.69 Å². The summed E-state index contributed by atoms with van der Waals surface area (Å²) in [4.78, 5) is 23.4. The highest BCUT2D eigenvalue weighted by atomic mass is 35.5. The van der Waals surface area contributed by atoms with Gasteiger partial charge in [-0.3, -0.25) is 4.79 Å². The molecule has 1 aromatic heterocycles. The van der Waals surface area contributed by atoms with Gasteiger partial charge in [-0.1, -0.05) is 23.7 Å². The molecule has 6 heteroatoms. The van der Waals surface area contributed by atoms with Crippen LogP contribution in [0, 0.1) is 0 Å². The molecule has 0 aliphatic carbocycles. The summed E-state index contributed by atoms with van der Waals surface area (Å²) in [7, 11) is 0. The molecule has 0 atom stereocenters. The van der Waals surface area contributed by atoms with Crippen LogP contribution in [0.15, 0.2) is 63.8 Å². The normalized spacial score (nSPS) is 10.5. The standard InChI is InChI=1S/C17H12ClNO4/c18-11-5-7-12(8-6-11)19-16(20)10-22-15-9-17(21)23-14-4-2-1-3-13(14)15/h1-9H,10H2,(H,19,20). The van der Waals surface area contributed by atoms with E-state index in [2.05, 4.69) is 5.32 Å². The number of halogens is 1. The average Bonchev–Trinajstić information content (AvgIpc) is 2.54. The molecule has 0 unspecified atom stereocenters. The van der Waals surface area contributed by atoms with Crippen LogP contribution in [0.1, 0.15) is 0 Å². The van der Waals surface area contributed by atoms with Gasteiger partial charge in [-0.2, -0.15) is 0 Å². The van der Waals surface area contributed by atoms with E-state index in [-0.39, 0.29) is 12.5 Å². The van der Waals surface area contributed by atoms with Crippen molar-refractivity contribution in [3.63, 3.8) is 0 Å². The molecule has 5 nitrogen and oxygen atoms in total. The second-order valence-corrected chi connectivity index (χ2v) is 5.21. The Labute approximate surface area is 136 Å². The molecule has 0 bridgehead atoms. The van der Waals surface area contributed by atoms with E-state index in [0.29, 0.717) is 27.4 Å². The molecule has 0 fully saturated rings. The smallest absolute Gasteiger partial charge is 0.339 e. The summed E-state index contributed by atoms with van der Waals surface area (Å²) < 4.78 is 10.5. The van der Waals surface area contributed by atoms with Gasteiger partial charge in [0.05, 0.1) is 11.5 Å². The van der Waals surface area contributed by atoms with Gasteiger partial charge in [0, 0.05) is 10.7 Å². The van der Waals surface area contributed by atoms with Crippen LogP contribution < -0.4 is 15.7 Å². The summed E-state index contributed by atoms with van der Waals surface area (Å²) in [6, 6.07) is 14.9. The Bertz CT molecular complexity index is 902. The average molecular weight is 330 g/mol. The highest BCUT2D eigenvalue weighted by molar-refractivity contribution is 6.30. The van der Waals surface area contributed by atoms with E-state index in [9.17, 15) is 9.59 Å². The molecule has 0 saturated heterocycles. The predicted molar refractivity (Wildman–Crippen MR) is 88.1 cm³/mol. The Balaban J connectivity index is 1.72. The first-order chi connectivity index (χ1) is 11.1. The van der Waals surface area contributed by atoms with Crippen LogP contribution in [0.3, 0.4) is 0 Å². The SMILES string of the molecule is O=C(COc1cc(=O)oc2ccccc12)Nc1ccc(Cl)cc1. The molecule has 0 aliphatic rings. The van der Waals surface area contributed by atoms with Gasteiger partial charge in [0.1, 0.15) is 11.3 Å². The fraction of sp³-hybridized carbons (Fsp3) is 0.0588. The molecule has 2 aromatic carbocycles. The Hall–Kier alpha value is -2.79. The summed E-state index contributed by atoms with van der Waals surface area (Å²) in [5.74, 6) is -0.0345. The van der Waals surface area contributed by atoms with Crippen molar-refractivity contribution in [2.75, 3.05) is 11.9 Å². The number of anilines is 1. The summed E-state index contributed by atoms with van der Waals surface area (Å²) >= 11 is 5.78. The lowest BCUT2D eigenvalue weighted by molar-refractivity contribution is -0.118. The van der Waals surface area contributed by atoms with E-state index < -0.39 is 5.63 Å². The highest BCUT2D eigenvalue weighted by Crippen LogP contribution is 2.23. The number of para-hydroxylation sites is 1. The number of rotatable bonds is 4. The number of amides is 1. The third-order valence-corrected chi connectivity index (χ3v) is 3.35. The number of ether oxygens (including phenoxy) is 1. The molecular formula is C17H12ClNO4. The van der Waals surface area contributed by atoms with Gasteiger partial charge in [0.25, 0.3) is 5.91 Å². The Morgan fingerprint density at radius 2 is 1.87 bits per heavy atom. The number of hydrogen-bond acceptors (Lipinski definition) is 4. The second kappa shape index (κ2) is 6.54. The molecule has 1 heterocycles. The van der Waals surface area contributed by atoms with Crippen LogP contribution >= 0.6 is 11.6 Å². The third-order valence-electron chi connectivity index (χ3n) is 3.10. The van der Waals surface area contributed by atoms with Crippen molar-refractivity contribution in [3.05, 3.63) is 70.0 Å². The lowest BCUT2D eigenvalue weighted by Crippen LogP contribution is -2.20. The molecule has 23 heavy (non-hydrogen) atoms. The minimum atomic E-state index is -0.531. The van der Waals surface area contributed by atoms with Crippen molar-refractivity contribution in [2.24, 2.45) is 0 Å². The maximum Gasteiger partial charge on any atom is 0.339 e. The number of carbonyl (C=O) groups excluding carboxylic acids is 1. The zero-order valence-corrected chi connectivity index (χ0v) is 12.7. The topological polar surface area (TPSA) is 68.5 Å². The largest absolute Gasteiger partial charge is 0.483 e. The summed E-state index contributed by atoms with van der Waals surface area (Å²) in [6.45, 7) is -0.226. The van der Waals surface area contributed by atoms with Crippen molar-refractivity contribution in [3.8, 4) is 5.75 Å². The van der Waals surface area contributed by atoms with E-state index in [1.165, 1.54) is 6.07 Å². The number of carbonyl (C=O) groups is 1. The molecule has 3 rings (SSSR count). The Kier molecular flexibility index (Phi) is 4.30. The highest BCUT2D eigenvalue weighted by Gasteiger charge is 2.09. The van der Waals surface area contributed by atoms with Crippen LogP contribution in [0.25, 0.3) is 11.0 Å². The van der Waals surface area contributed by atoms with Crippen molar-refractivity contribution < 1.29 is 13.9 Å². The van der Waals surface area contributed by atoms with Crippen LogP contribution in [-0.2, 0) is 4.79 Å². The zero-order chi connectivity index (χ0) is 16.2. The predicted octanol–water partition coefficient (Wildman–Crippen LogP) is 3.46. The maximum absolute atomic E-state index is 11.9. The van der Waals surface area contributed by atoms with Gasteiger partial charge in [0.15, 0.2) is 6.61 Å². The molecule has 0 spiro atoms. The molecule has 1 N–H and O–H groups in total. The Morgan fingerprint density at radius 3 is 2.65 bits per heavy atom. The summed E-state index contributed by atoms with van der Waals surface area (Å²) in [6.07, 6.45) is 0. The fourth-order valence-corrected chi connectivity index (χ4v) is 2.20. The minimum Gasteiger partial charge on any atom is -0.483 e. The van der Waals surface area contributed by atoms with Crippen molar-refractivity contribution >= 4 is 34.2 Å². The van der Waals surface area contributed by atoms with Gasteiger partial charge >= 0.3 is 5.63 Å². The summed E-state index contributed by atoms with van der Waals surface area (Å²) in [5, 5.41) is 3.89. The van der Waals surface area contributed by atoms with E-state index in [0.717, 1.165) is 0 Å². The van der Waals surface area contributed by atoms with Gasteiger partial charge in [0.2, 0.25) is 0 Å². The summed E-state index contributed by atoms with van der Waals surface area (Å²) in [5.41, 5.74) is 0.491. The van der Waals surface area contributed by atoms with E-state index in [1.54, 1.807) is 48.5 Å². The lowest BCUT2D eigenvalue weighted by Gasteiger charge is -2.09. The van der Waals surface area contributed by atoms with Gasteiger partial charge in [-0.05, 0) is 36.4 Å². The molecular weight excluding hydrogens is 318 g/mol. The molecule has 0 aliphatic heterocycles. The van der Waals surface area contributed by atoms with Crippen LogP contribution in [0.5, 0.6) is 5.75 Å². The maximum atomic E-state index is 11.9. The van der Waals surface area contributed by atoms with E-state index >= 15 is 0 Å². The first-order valence-corrected chi connectivity index (χ1v) is 7.21. The first-order valence-electron chi connectivity index (χ1n) is 6.83. The van der Waals surface area contributed by atoms with Gasteiger partial charge < -0.3 is 14.5 Å². The zero-order valence-electron chi connectivity index (χ0n) is 11.9.